The molecule has 0 bridgehead atoms. The average molecular weight is 483 g/mol. The van der Waals surface area contributed by atoms with Crippen molar-refractivity contribution in [3.63, 3.8) is 0 Å². The summed E-state index contributed by atoms with van der Waals surface area (Å²) in [4.78, 5) is 27.3. The predicted molar refractivity (Wildman–Crippen MR) is 99.1 cm³/mol. The van der Waals surface area contributed by atoms with Crippen LogP contribution in [0.1, 0.15) is 12.5 Å². The van der Waals surface area contributed by atoms with Crippen molar-refractivity contribution in [2.24, 2.45) is 0 Å². The van der Waals surface area contributed by atoms with Crippen LogP contribution in [0.15, 0.2) is 42.5 Å². The van der Waals surface area contributed by atoms with Gasteiger partial charge < -0.3 is 14.4 Å². The standard InChI is InChI=1S/C19H13ClF6N2O4/c1-10-16(29)28(12-4-7-15(14(20)8-12)32-19(24,25)26)17(30)27(10)9-11-2-5-13(6-3-11)31-18(21,22)23/h2-8,10H,9H2,1H3/t10-/m0/s1. The van der Waals surface area contributed by atoms with E-state index in [2.05, 4.69) is 9.47 Å². The summed E-state index contributed by atoms with van der Waals surface area (Å²) in [7, 11) is 0. The molecule has 1 fully saturated rings. The Bertz CT molecular complexity index is 1030. The summed E-state index contributed by atoms with van der Waals surface area (Å²) in [6.45, 7) is 1.32. The summed E-state index contributed by atoms with van der Waals surface area (Å²) in [5, 5.41) is -0.466. The Balaban J connectivity index is 1.77. The minimum absolute atomic E-state index is 0.0669. The highest BCUT2D eigenvalue weighted by Crippen LogP contribution is 2.35. The molecule has 3 rings (SSSR count). The van der Waals surface area contributed by atoms with Crippen LogP contribution in [0.5, 0.6) is 11.5 Å². The minimum Gasteiger partial charge on any atom is -0.406 e. The summed E-state index contributed by atoms with van der Waals surface area (Å²) < 4.78 is 81.5. The molecular formula is C19H13ClF6N2O4. The Morgan fingerprint density at radius 2 is 1.53 bits per heavy atom. The quantitative estimate of drug-likeness (QED) is 0.417. The Labute approximate surface area is 181 Å². The molecule has 6 nitrogen and oxygen atoms in total. The van der Waals surface area contributed by atoms with Gasteiger partial charge in [0, 0.05) is 6.54 Å². The van der Waals surface area contributed by atoms with Crippen molar-refractivity contribution in [1.82, 2.24) is 4.90 Å². The van der Waals surface area contributed by atoms with Gasteiger partial charge in [-0.15, -0.1) is 26.3 Å². The van der Waals surface area contributed by atoms with Crippen LogP contribution in [0.2, 0.25) is 5.02 Å². The smallest absolute Gasteiger partial charge is 0.406 e. The van der Waals surface area contributed by atoms with Gasteiger partial charge in [0.1, 0.15) is 17.5 Å². The number of hydrogen-bond donors (Lipinski definition) is 0. The van der Waals surface area contributed by atoms with Gasteiger partial charge in [0.25, 0.3) is 5.91 Å². The second kappa shape index (κ2) is 8.41. The Morgan fingerprint density at radius 1 is 0.938 bits per heavy atom. The monoisotopic (exact) mass is 482 g/mol. The van der Waals surface area contributed by atoms with E-state index >= 15 is 0 Å². The van der Waals surface area contributed by atoms with E-state index in [0.29, 0.717) is 5.56 Å². The van der Waals surface area contributed by atoms with Crippen LogP contribution >= 0.6 is 11.6 Å². The molecule has 1 saturated heterocycles. The summed E-state index contributed by atoms with van der Waals surface area (Å²) >= 11 is 5.79. The van der Waals surface area contributed by atoms with Crippen molar-refractivity contribution in [2.45, 2.75) is 32.2 Å². The molecule has 0 unspecified atom stereocenters. The van der Waals surface area contributed by atoms with E-state index in [1.807, 2.05) is 0 Å². The maximum atomic E-state index is 12.8. The molecular weight excluding hydrogens is 470 g/mol. The largest absolute Gasteiger partial charge is 0.573 e. The van der Waals surface area contributed by atoms with Gasteiger partial charge in [-0.2, -0.15) is 0 Å². The van der Waals surface area contributed by atoms with Gasteiger partial charge in [0.15, 0.2) is 0 Å². The molecule has 2 aromatic rings. The van der Waals surface area contributed by atoms with Gasteiger partial charge in [0.05, 0.1) is 10.7 Å². The van der Waals surface area contributed by atoms with Crippen molar-refractivity contribution in [2.75, 3.05) is 4.90 Å². The van der Waals surface area contributed by atoms with E-state index < -0.39 is 47.2 Å². The number of carbonyl (C=O) groups is 2. The summed E-state index contributed by atoms with van der Waals surface area (Å²) in [6.07, 6.45) is -9.83. The maximum absolute atomic E-state index is 12.8. The number of anilines is 1. The summed E-state index contributed by atoms with van der Waals surface area (Å²) in [6, 6.07) is 5.93. The molecule has 32 heavy (non-hydrogen) atoms. The number of rotatable bonds is 5. The van der Waals surface area contributed by atoms with Crippen LogP contribution < -0.4 is 14.4 Å². The first-order chi connectivity index (χ1) is 14.7. The number of hydrogen-bond acceptors (Lipinski definition) is 4. The SMILES string of the molecule is C[C@H]1C(=O)N(c2ccc(OC(F)(F)F)c(Cl)c2)C(=O)N1Cc1ccc(OC(F)(F)F)cc1. The molecule has 1 heterocycles. The van der Waals surface area contributed by atoms with Gasteiger partial charge in [0.2, 0.25) is 0 Å². The lowest BCUT2D eigenvalue weighted by molar-refractivity contribution is -0.275. The molecule has 0 saturated carbocycles. The van der Waals surface area contributed by atoms with Gasteiger partial charge in [-0.3, -0.25) is 4.79 Å². The third-order valence-corrected chi connectivity index (χ3v) is 4.69. The number of carbonyl (C=O) groups excluding carboxylic acids is 2. The van der Waals surface area contributed by atoms with E-state index in [1.165, 1.54) is 19.1 Å². The van der Waals surface area contributed by atoms with Crippen LogP contribution in [0.25, 0.3) is 0 Å². The molecule has 172 valence electrons. The summed E-state index contributed by atoms with van der Waals surface area (Å²) in [5.74, 6) is -1.81. The highest BCUT2D eigenvalue weighted by molar-refractivity contribution is 6.32. The number of nitrogens with zero attached hydrogens (tertiary/aromatic N) is 2. The number of imide groups is 1. The van der Waals surface area contributed by atoms with Crippen molar-refractivity contribution in [3.05, 3.63) is 53.1 Å². The molecule has 3 amide bonds. The number of amides is 3. The Morgan fingerprint density at radius 3 is 2.06 bits per heavy atom. The molecule has 0 spiro atoms. The first-order valence-corrected chi connectivity index (χ1v) is 9.17. The molecule has 0 N–H and O–H groups in total. The van der Waals surface area contributed by atoms with Crippen LogP contribution in [0.4, 0.5) is 36.8 Å². The fourth-order valence-corrected chi connectivity index (χ4v) is 3.19. The van der Waals surface area contributed by atoms with E-state index in [1.54, 1.807) is 0 Å². The third-order valence-electron chi connectivity index (χ3n) is 4.39. The van der Waals surface area contributed by atoms with Crippen LogP contribution in [-0.2, 0) is 11.3 Å². The fourth-order valence-electron chi connectivity index (χ4n) is 2.98. The average Bonchev–Trinajstić information content (AvgIpc) is 2.86. The Hall–Kier alpha value is -3.15. The molecule has 2 aromatic carbocycles. The zero-order valence-corrected chi connectivity index (χ0v) is 16.8. The van der Waals surface area contributed by atoms with Gasteiger partial charge in [-0.05, 0) is 42.8 Å². The van der Waals surface area contributed by atoms with Gasteiger partial charge in [-0.25, -0.2) is 9.69 Å². The second-order valence-electron chi connectivity index (χ2n) is 6.61. The van der Waals surface area contributed by atoms with Crippen LogP contribution in [0.3, 0.4) is 0 Å². The molecule has 0 radical (unpaired) electrons. The normalized spacial score (nSPS) is 17.2. The van der Waals surface area contributed by atoms with E-state index in [0.717, 1.165) is 40.1 Å². The first-order valence-electron chi connectivity index (χ1n) is 8.80. The van der Waals surface area contributed by atoms with Crippen molar-refractivity contribution in [1.29, 1.82) is 0 Å². The van der Waals surface area contributed by atoms with Crippen LogP contribution in [-0.4, -0.2) is 35.6 Å². The molecule has 0 aromatic heterocycles. The number of alkyl halides is 6. The second-order valence-corrected chi connectivity index (χ2v) is 7.02. The highest BCUT2D eigenvalue weighted by Gasteiger charge is 2.43. The fraction of sp³-hybridized carbons (Fsp3) is 0.263. The third kappa shape index (κ3) is 5.36. The molecule has 0 aliphatic carbocycles. The lowest BCUT2D eigenvalue weighted by Crippen LogP contribution is -2.33. The number of halogens is 7. The topological polar surface area (TPSA) is 59.1 Å². The molecule has 1 aliphatic rings. The minimum atomic E-state index is -4.98. The van der Waals surface area contributed by atoms with E-state index in [-0.39, 0.29) is 12.2 Å². The van der Waals surface area contributed by atoms with Crippen molar-refractivity contribution >= 4 is 29.2 Å². The predicted octanol–water partition coefficient (Wildman–Crippen LogP) is 5.49. The lowest BCUT2D eigenvalue weighted by atomic mass is 10.2. The lowest BCUT2D eigenvalue weighted by Gasteiger charge is -2.20. The molecule has 1 aliphatic heterocycles. The maximum Gasteiger partial charge on any atom is 0.573 e. The van der Waals surface area contributed by atoms with Crippen molar-refractivity contribution < 1.29 is 45.4 Å². The highest BCUT2D eigenvalue weighted by atomic mass is 35.5. The van der Waals surface area contributed by atoms with E-state index in [4.69, 9.17) is 11.6 Å². The number of ether oxygens (including phenoxy) is 2. The zero-order chi connectivity index (χ0) is 23.8. The summed E-state index contributed by atoms with van der Waals surface area (Å²) in [5.41, 5.74) is 0.351. The molecule has 13 heteroatoms. The van der Waals surface area contributed by atoms with Crippen molar-refractivity contribution in [3.8, 4) is 11.5 Å². The number of urea groups is 1. The Kier molecular flexibility index (Phi) is 6.18. The van der Waals surface area contributed by atoms with Gasteiger partial charge in [-0.1, -0.05) is 23.7 Å². The number of benzene rings is 2. The molecule has 1 atom stereocenters. The van der Waals surface area contributed by atoms with Crippen LogP contribution in [0, 0.1) is 0 Å². The van der Waals surface area contributed by atoms with Gasteiger partial charge >= 0.3 is 18.8 Å². The zero-order valence-electron chi connectivity index (χ0n) is 16.0. The van der Waals surface area contributed by atoms with E-state index in [9.17, 15) is 35.9 Å². The first kappa shape index (κ1) is 23.5.